The summed E-state index contributed by atoms with van der Waals surface area (Å²) in [6.45, 7) is 10.6. The number of carbonyl (C=O) groups excluding carboxylic acids is 2. The summed E-state index contributed by atoms with van der Waals surface area (Å²) in [6.07, 6.45) is 11.1. The first-order valence-electron chi connectivity index (χ1n) is 12.2. The van der Waals surface area contributed by atoms with Gasteiger partial charge in [-0.25, -0.2) is 0 Å². The second-order valence-corrected chi connectivity index (χ2v) is 10.6. The van der Waals surface area contributed by atoms with E-state index in [-0.39, 0.29) is 17.9 Å². The van der Waals surface area contributed by atoms with Crippen molar-refractivity contribution in [2.24, 2.45) is 16.7 Å². The van der Waals surface area contributed by atoms with Gasteiger partial charge in [-0.05, 0) is 75.1 Å². The summed E-state index contributed by atoms with van der Waals surface area (Å²) in [4.78, 5) is 33.7. The van der Waals surface area contributed by atoms with Crippen molar-refractivity contribution >= 4 is 17.9 Å². The number of rotatable bonds is 8. The first-order chi connectivity index (χ1) is 15.8. The molecular weight excluding hydrogens is 416 g/mol. The van der Waals surface area contributed by atoms with Crippen molar-refractivity contribution in [3.63, 3.8) is 0 Å². The van der Waals surface area contributed by atoms with Gasteiger partial charge in [0.05, 0.1) is 6.20 Å². The summed E-state index contributed by atoms with van der Waals surface area (Å²) in [7, 11) is 2.16. The number of aromatic nitrogens is 1. The molecule has 2 aliphatic heterocycles. The summed E-state index contributed by atoms with van der Waals surface area (Å²) < 4.78 is 5.60. The van der Waals surface area contributed by atoms with E-state index in [1.165, 1.54) is 0 Å². The van der Waals surface area contributed by atoms with Crippen LogP contribution >= 0.6 is 0 Å². The number of nitrogens with one attached hydrogen (secondary N) is 1. The lowest BCUT2D eigenvalue weighted by atomic mass is 9.77. The third-order valence-corrected chi connectivity index (χ3v) is 8.18. The van der Waals surface area contributed by atoms with Crippen molar-refractivity contribution < 1.29 is 14.3 Å². The van der Waals surface area contributed by atoms with Crippen molar-refractivity contribution in [1.29, 1.82) is 0 Å². The minimum absolute atomic E-state index is 0.0247. The highest BCUT2D eigenvalue weighted by Gasteiger charge is 2.54. The van der Waals surface area contributed by atoms with E-state index < -0.39 is 0 Å². The molecule has 180 valence electrons. The molecule has 1 N–H and O–H groups in total. The van der Waals surface area contributed by atoms with E-state index in [0.717, 1.165) is 63.8 Å². The van der Waals surface area contributed by atoms with Gasteiger partial charge < -0.3 is 19.9 Å². The van der Waals surface area contributed by atoms with Gasteiger partial charge in [0, 0.05) is 37.8 Å². The Morgan fingerprint density at radius 1 is 1.24 bits per heavy atom. The van der Waals surface area contributed by atoms with Crippen LogP contribution < -0.4 is 10.1 Å². The first-order valence-corrected chi connectivity index (χ1v) is 12.2. The summed E-state index contributed by atoms with van der Waals surface area (Å²) in [5.74, 6) is 1.28. The van der Waals surface area contributed by atoms with Crippen molar-refractivity contribution in [2.75, 3.05) is 46.4 Å². The zero-order chi connectivity index (χ0) is 23.5. The molecule has 3 aliphatic rings. The van der Waals surface area contributed by atoms with E-state index in [1.807, 2.05) is 0 Å². The highest BCUT2D eigenvalue weighted by Crippen LogP contribution is 2.59. The third kappa shape index (κ3) is 5.75. The van der Waals surface area contributed by atoms with Gasteiger partial charge in [-0.2, -0.15) is 0 Å². The minimum atomic E-state index is -0.116. The van der Waals surface area contributed by atoms with E-state index >= 15 is 0 Å². The van der Waals surface area contributed by atoms with Crippen LogP contribution in [0.5, 0.6) is 5.75 Å². The fourth-order valence-electron chi connectivity index (χ4n) is 5.46. The molecule has 1 saturated carbocycles. The van der Waals surface area contributed by atoms with Gasteiger partial charge in [-0.15, -0.1) is 0 Å². The molecule has 0 radical (unpaired) electrons. The predicted octanol–water partition coefficient (Wildman–Crippen LogP) is 2.97. The quantitative estimate of drug-likeness (QED) is 0.654. The van der Waals surface area contributed by atoms with Gasteiger partial charge in [0.1, 0.15) is 5.75 Å². The number of hydrogen-bond donors (Lipinski definition) is 1. The van der Waals surface area contributed by atoms with Crippen molar-refractivity contribution in [1.82, 2.24) is 20.1 Å². The Morgan fingerprint density at radius 3 is 2.67 bits per heavy atom. The van der Waals surface area contributed by atoms with Crippen molar-refractivity contribution in [3.05, 3.63) is 30.6 Å². The average molecular weight is 455 g/mol. The molecule has 7 nitrogen and oxygen atoms in total. The molecule has 7 heteroatoms. The summed E-state index contributed by atoms with van der Waals surface area (Å²) in [5.41, 5.74) is 1.28. The normalized spacial score (nSPS) is 23.7. The number of amides is 2. The number of nitrogens with zero attached hydrogens (tertiary/aromatic N) is 3. The molecular formula is C26H38N4O3. The minimum Gasteiger partial charge on any atom is -0.482 e. The maximum absolute atomic E-state index is 12.9. The van der Waals surface area contributed by atoms with Crippen LogP contribution in [0.1, 0.15) is 51.0 Å². The largest absolute Gasteiger partial charge is 0.482 e. The Hall–Kier alpha value is -2.41. The van der Waals surface area contributed by atoms with Gasteiger partial charge in [-0.3, -0.25) is 14.6 Å². The van der Waals surface area contributed by atoms with E-state index in [9.17, 15) is 9.59 Å². The van der Waals surface area contributed by atoms with E-state index in [0.29, 0.717) is 36.0 Å². The molecule has 4 rings (SSSR count). The lowest BCUT2D eigenvalue weighted by Gasteiger charge is -2.40. The Morgan fingerprint density at radius 2 is 1.97 bits per heavy atom. The molecule has 3 fully saturated rings. The Kier molecular flexibility index (Phi) is 7.07. The molecule has 1 aliphatic carbocycles. The van der Waals surface area contributed by atoms with Gasteiger partial charge in [0.25, 0.3) is 5.91 Å². The first kappa shape index (κ1) is 23.7. The Balaban J connectivity index is 1.16. The van der Waals surface area contributed by atoms with Crippen LogP contribution in [0.3, 0.4) is 0 Å². The Labute approximate surface area is 197 Å². The smallest absolute Gasteiger partial charge is 0.257 e. The molecule has 2 saturated heterocycles. The number of carbonyl (C=O) groups is 2. The highest BCUT2D eigenvalue weighted by molar-refractivity contribution is 5.78. The fraction of sp³-hybridized carbons (Fsp3) is 0.654. The summed E-state index contributed by atoms with van der Waals surface area (Å²) in [5, 5.41) is 3.03. The molecule has 0 aromatic carbocycles. The van der Waals surface area contributed by atoms with Gasteiger partial charge in [0.15, 0.2) is 6.61 Å². The lowest BCUT2D eigenvalue weighted by Crippen LogP contribution is -2.44. The molecule has 33 heavy (non-hydrogen) atoms. The van der Waals surface area contributed by atoms with Crippen LogP contribution in [0.15, 0.2) is 25.0 Å². The van der Waals surface area contributed by atoms with Crippen LogP contribution in [0.25, 0.3) is 6.08 Å². The molecule has 0 bridgehead atoms. The van der Waals surface area contributed by atoms with Crippen LogP contribution in [0.4, 0.5) is 0 Å². The van der Waals surface area contributed by atoms with Gasteiger partial charge in [0.2, 0.25) is 5.91 Å². The van der Waals surface area contributed by atoms with Crippen molar-refractivity contribution in [3.8, 4) is 5.75 Å². The van der Waals surface area contributed by atoms with Gasteiger partial charge >= 0.3 is 0 Å². The average Bonchev–Trinajstić information content (AvgIpc) is 3.50. The van der Waals surface area contributed by atoms with Crippen molar-refractivity contribution in [2.45, 2.75) is 45.4 Å². The second kappa shape index (κ2) is 9.84. The highest BCUT2D eigenvalue weighted by atomic mass is 16.5. The fourth-order valence-corrected chi connectivity index (χ4v) is 5.46. The zero-order valence-corrected chi connectivity index (χ0v) is 20.1. The Bertz CT molecular complexity index is 870. The van der Waals surface area contributed by atoms with Crippen LogP contribution in [-0.4, -0.2) is 73.0 Å². The standard InChI is InChI=1S/C26H38N4O3/c1-4-20-5-10-27-18-22(20)33-19-23(31)28-17-21-15-26(21)8-13-30(14-9-26)24(32)16-25(2)6-11-29(3)12-7-25/h4-5,10,18,21H,1,6-9,11-17,19H2,2-3H3,(H,28,31). The number of pyridine rings is 1. The number of ether oxygens (including phenoxy) is 1. The number of likely N-dealkylation sites (tertiary alicyclic amines) is 2. The predicted molar refractivity (Wildman–Crippen MR) is 129 cm³/mol. The maximum atomic E-state index is 12.9. The second-order valence-electron chi connectivity index (χ2n) is 10.6. The molecule has 1 aromatic rings. The zero-order valence-electron chi connectivity index (χ0n) is 20.1. The van der Waals surface area contributed by atoms with Crippen LogP contribution in [-0.2, 0) is 9.59 Å². The van der Waals surface area contributed by atoms with E-state index in [4.69, 9.17) is 4.74 Å². The third-order valence-electron chi connectivity index (χ3n) is 8.18. The van der Waals surface area contributed by atoms with Crippen LogP contribution in [0, 0.1) is 16.7 Å². The molecule has 1 aromatic heterocycles. The topological polar surface area (TPSA) is 74.8 Å². The molecule has 2 amide bonds. The maximum Gasteiger partial charge on any atom is 0.257 e. The molecule has 3 heterocycles. The number of hydrogen-bond acceptors (Lipinski definition) is 5. The molecule has 1 unspecified atom stereocenters. The monoisotopic (exact) mass is 454 g/mol. The molecule has 1 atom stereocenters. The number of piperidine rings is 2. The lowest BCUT2D eigenvalue weighted by molar-refractivity contribution is -0.135. The van der Waals surface area contributed by atoms with Gasteiger partial charge in [-0.1, -0.05) is 19.6 Å². The summed E-state index contributed by atoms with van der Waals surface area (Å²) >= 11 is 0. The van der Waals surface area contributed by atoms with E-state index in [2.05, 4.69) is 40.7 Å². The summed E-state index contributed by atoms with van der Waals surface area (Å²) in [6, 6.07) is 1.80. The van der Waals surface area contributed by atoms with E-state index in [1.54, 1.807) is 24.5 Å². The van der Waals surface area contributed by atoms with Crippen LogP contribution in [0.2, 0.25) is 0 Å². The molecule has 1 spiro atoms. The SMILES string of the molecule is C=Cc1ccncc1OCC(=O)NCC1CC12CCN(C(=O)CC1(C)CCN(C)CC1)CC2.